The monoisotopic (exact) mass is 387 g/mol. The molecule has 0 saturated carbocycles. The van der Waals surface area contributed by atoms with E-state index >= 15 is 0 Å². The molecule has 0 spiro atoms. The predicted octanol–water partition coefficient (Wildman–Crippen LogP) is 3.22. The number of nitrogens with one attached hydrogen (secondary N) is 1. The van der Waals surface area contributed by atoms with Gasteiger partial charge in [-0.25, -0.2) is 0 Å². The Morgan fingerprint density at radius 1 is 1.29 bits per heavy atom. The van der Waals surface area contributed by atoms with Gasteiger partial charge in [0.25, 0.3) is 0 Å². The zero-order valence-corrected chi connectivity index (χ0v) is 18.5. The van der Waals surface area contributed by atoms with E-state index in [-0.39, 0.29) is 11.4 Å². The molecular formula is C22H37N5O. The summed E-state index contributed by atoms with van der Waals surface area (Å²) < 4.78 is 1.88. The maximum atomic E-state index is 12.5. The fourth-order valence-corrected chi connectivity index (χ4v) is 4.38. The predicted molar refractivity (Wildman–Crippen MR) is 112 cm³/mol. The molecule has 0 aromatic carbocycles. The first kappa shape index (κ1) is 22.4. The molecule has 1 aromatic rings. The third-order valence-electron chi connectivity index (χ3n) is 6.01. The largest absolute Gasteiger partial charge is 0.354 e. The maximum absolute atomic E-state index is 12.5. The second-order valence-electron chi connectivity index (χ2n) is 9.22. The number of carbonyl (C=O) groups excluding carboxylic acids is 1. The number of piperidine rings is 1. The van der Waals surface area contributed by atoms with E-state index in [0.717, 1.165) is 30.0 Å². The van der Waals surface area contributed by atoms with Gasteiger partial charge in [-0.05, 0) is 57.9 Å². The number of amides is 1. The van der Waals surface area contributed by atoms with Crippen LogP contribution < -0.4 is 5.32 Å². The highest BCUT2D eigenvalue weighted by Gasteiger charge is 2.32. The van der Waals surface area contributed by atoms with Gasteiger partial charge in [-0.15, -0.1) is 0 Å². The standard InChI is InChI=1S/C22H37N5O/c1-16-12-17(2)14-26(13-16)22(5,6)15-24-21(28)9-8-20-18(3)25-27(19(20)4)11-7-10-23/h16-17H,7-9,11-15H2,1-6H3,(H,24,28). The SMILES string of the molecule is Cc1nn(CCC#N)c(C)c1CCC(=O)NCC(C)(C)N1CC(C)CC(C)C1. The van der Waals surface area contributed by atoms with Gasteiger partial charge in [0.05, 0.1) is 24.7 Å². The maximum Gasteiger partial charge on any atom is 0.220 e. The van der Waals surface area contributed by atoms with Crippen LogP contribution in [-0.4, -0.2) is 45.8 Å². The van der Waals surface area contributed by atoms with Gasteiger partial charge >= 0.3 is 0 Å². The fourth-order valence-electron chi connectivity index (χ4n) is 4.38. The van der Waals surface area contributed by atoms with Crippen molar-refractivity contribution < 1.29 is 4.79 Å². The third kappa shape index (κ3) is 5.81. The van der Waals surface area contributed by atoms with Crippen LogP contribution in [0.25, 0.3) is 0 Å². The fraction of sp³-hybridized carbons (Fsp3) is 0.773. The summed E-state index contributed by atoms with van der Waals surface area (Å²) >= 11 is 0. The van der Waals surface area contributed by atoms with Crippen molar-refractivity contribution in [2.45, 2.75) is 79.3 Å². The molecule has 1 aromatic heterocycles. The zero-order valence-electron chi connectivity index (χ0n) is 18.5. The van der Waals surface area contributed by atoms with Crippen LogP contribution in [0.1, 0.15) is 63.9 Å². The number of rotatable bonds is 8. The molecule has 2 unspecified atom stereocenters. The van der Waals surface area contributed by atoms with E-state index in [2.05, 4.69) is 49.1 Å². The van der Waals surface area contributed by atoms with Gasteiger partial charge in [-0.2, -0.15) is 10.4 Å². The average molecular weight is 388 g/mol. The lowest BCUT2D eigenvalue weighted by molar-refractivity contribution is -0.121. The summed E-state index contributed by atoms with van der Waals surface area (Å²) in [4.78, 5) is 15.0. The van der Waals surface area contributed by atoms with E-state index in [4.69, 9.17) is 5.26 Å². The smallest absolute Gasteiger partial charge is 0.220 e. The molecule has 1 aliphatic rings. The summed E-state index contributed by atoms with van der Waals surface area (Å²) in [6.07, 6.45) is 2.90. The van der Waals surface area contributed by atoms with Gasteiger partial charge < -0.3 is 5.32 Å². The molecular weight excluding hydrogens is 350 g/mol. The van der Waals surface area contributed by atoms with Crippen LogP contribution >= 0.6 is 0 Å². The van der Waals surface area contributed by atoms with E-state index in [1.54, 1.807) is 0 Å². The topological polar surface area (TPSA) is 73.9 Å². The minimum absolute atomic E-state index is 0.0351. The summed E-state index contributed by atoms with van der Waals surface area (Å²) in [5.41, 5.74) is 3.12. The Bertz CT molecular complexity index is 705. The summed E-state index contributed by atoms with van der Waals surface area (Å²) in [6.45, 7) is 16.6. The molecule has 6 nitrogen and oxygen atoms in total. The Hall–Kier alpha value is -1.87. The number of hydrogen-bond donors (Lipinski definition) is 1. The number of nitriles is 1. The molecule has 1 saturated heterocycles. The van der Waals surface area contributed by atoms with Crippen LogP contribution in [0, 0.1) is 37.0 Å². The number of likely N-dealkylation sites (tertiary alicyclic amines) is 1. The Morgan fingerprint density at radius 3 is 2.54 bits per heavy atom. The van der Waals surface area contributed by atoms with Crippen LogP contribution in [0.5, 0.6) is 0 Å². The molecule has 6 heteroatoms. The molecule has 2 rings (SSSR count). The third-order valence-corrected chi connectivity index (χ3v) is 6.01. The van der Waals surface area contributed by atoms with Crippen molar-refractivity contribution in [1.82, 2.24) is 20.0 Å². The molecule has 1 fully saturated rings. The minimum Gasteiger partial charge on any atom is -0.354 e. The number of nitrogens with zero attached hydrogens (tertiary/aromatic N) is 4. The van der Waals surface area contributed by atoms with Gasteiger partial charge in [0.2, 0.25) is 5.91 Å². The number of carbonyl (C=O) groups is 1. The zero-order chi connectivity index (χ0) is 20.9. The van der Waals surface area contributed by atoms with Gasteiger partial charge in [0, 0.05) is 37.3 Å². The van der Waals surface area contributed by atoms with E-state index in [9.17, 15) is 4.79 Å². The Kier molecular flexibility index (Phi) is 7.65. The molecule has 2 atom stereocenters. The summed E-state index contributed by atoms with van der Waals surface area (Å²) in [5.74, 6) is 1.51. The number of aryl methyl sites for hydroxylation is 2. The molecule has 0 bridgehead atoms. The quantitative estimate of drug-likeness (QED) is 0.743. The lowest BCUT2D eigenvalue weighted by Crippen LogP contribution is -2.56. The highest BCUT2D eigenvalue weighted by atomic mass is 16.1. The van der Waals surface area contributed by atoms with E-state index in [1.165, 1.54) is 6.42 Å². The van der Waals surface area contributed by atoms with Crippen LogP contribution in [0.3, 0.4) is 0 Å². The molecule has 0 aliphatic carbocycles. The summed E-state index contributed by atoms with van der Waals surface area (Å²) in [7, 11) is 0. The van der Waals surface area contributed by atoms with Crippen molar-refractivity contribution in [3.05, 3.63) is 17.0 Å². The lowest BCUT2D eigenvalue weighted by atomic mass is 9.88. The second kappa shape index (κ2) is 9.56. The van der Waals surface area contributed by atoms with Gasteiger partial charge in [-0.1, -0.05) is 13.8 Å². The van der Waals surface area contributed by atoms with Gasteiger partial charge in [0.15, 0.2) is 0 Å². The molecule has 28 heavy (non-hydrogen) atoms. The first-order valence-electron chi connectivity index (χ1n) is 10.6. The van der Waals surface area contributed by atoms with Crippen LogP contribution in [0.4, 0.5) is 0 Å². The van der Waals surface area contributed by atoms with Gasteiger partial charge in [0.1, 0.15) is 0 Å². The molecule has 2 heterocycles. The summed E-state index contributed by atoms with van der Waals surface area (Å²) in [6, 6.07) is 2.16. The van der Waals surface area contributed by atoms with Crippen molar-refractivity contribution in [2.24, 2.45) is 11.8 Å². The highest BCUT2D eigenvalue weighted by Crippen LogP contribution is 2.27. The lowest BCUT2D eigenvalue weighted by Gasteiger charge is -2.45. The van der Waals surface area contributed by atoms with E-state index < -0.39 is 0 Å². The first-order chi connectivity index (χ1) is 13.1. The van der Waals surface area contributed by atoms with Gasteiger partial charge in [-0.3, -0.25) is 14.4 Å². The van der Waals surface area contributed by atoms with Crippen LogP contribution in [-0.2, 0) is 17.8 Å². The number of aromatic nitrogens is 2. The second-order valence-corrected chi connectivity index (χ2v) is 9.22. The minimum atomic E-state index is -0.0351. The molecule has 156 valence electrons. The van der Waals surface area contributed by atoms with Crippen LogP contribution in [0.2, 0.25) is 0 Å². The molecule has 1 aliphatic heterocycles. The van der Waals surface area contributed by atoms with Crippen molar-refractivity contribution in [1.29, 1.82) is 5.26 Å². The van der Waals surface area contributed by atoms with Crippen molar-refractivity contribution in [2.75, 3.05) is 19.6 Å². The van der Waals surface area contributed by atoms with Crippen LogP contribution in [0.15, 0.2) is 0 Å². The van der Waals surface area contributed by atoms with E-state index in [0.29, 0.717) is 44.2 Å². The van der Waals surface area contributed by atoms with Crippen molar-refractivity contribution in [3.63, 3.8) is 0 Å². The summed E-state index contributed by atoms with van der Waals surface area (Å²) in [5, 5.41) is 16.4. The molecule has 1 amide bonds. The first-order valence-corrected chi connectivity index (χ1v) is 10.6. The van der Waals surface area contributed by atoms with E-state index in [1.807, 2.05) is 18.5 Å². The highest BCUT2D eigenvalue weighted by molar-refractivity contribution is 5.76. The van der Waals surface area contributed by atoms with Crippen molar-refractivity contribution in [3.8, 4) is 6.07 Å². The Balaban J connectivity index is 1.86. The Labute approximate surface area is 170 Å². The molecule has 1 N–H and O–H groups in total. The Morgan fingerprint density at radius 2 is 1.93 bits per heavy atom. The van der Waals surface area contributed by atoms with Crippen molar-refractivity contribution >= 4 is 5.91 Å². The average Bonchev–Trinajstić information content (AvgIpc) is 2.89. The number of hydrogen-bond acceptors (Lipinski definition) is 4. The molecule has 0 radical (unpaired) electrons. The normalized spacial score (nSPS) is 20.8.